The molecule has 0 amide bonds. The summed E-state index contributed by atoms with van der Waals surface area (Å²) in [7, 11) is 0. The molecular formula is C19H36. The Morgan fingerprint density at radius 3 is 2.00 bits per heavy atom. The van der Waals surface area contributed by atoms with Crippen LogP contribution in [0.1, 0.15) is 91.9 Å². The summed E-state index contributed by atoms with van der Waals surface area (Å²) < 4.78 is 0. The zero-order valence-corrected chi connectivity index (χ0v) is 13.9. The Hall–Kier alpha value is 0. The molecule has 2 aliphatic rings. The Labute approximate surface area is 121 Å². The lowest BCUT2D eigenvalue weighted by Gasteiger charge is -2.56. The quantitative estimate of drug-likeness (QED) is 0.473. The van der Waals surface area contributed by atoms with Gasteiger partial charge in [0.2, 0.25) is 0 Å². The maximum Gasteiger partial charge on any atom is -0.0292 e. The van der Waals surface area contributed by atoms with Crippen molar-refractivity contribution in [3.8, 4) is 0 Å². The fraction of sp³-hybridized carbons (Fsp3) is 1.00. The van der Waals surface area contributed by atoms with Crippen molar-refractivity contribution in [1.82, 2.24) is 0 Å². The molecule has 0 radical (unpaired) electrons. The summed E-state index contributed by atoms with van der Waals surface area (Å²) in [6.07, 6.45) is 14.9. The van der Waals surface area contributed by atoms with E-state index in [1.807, 2.05) is 0 Å². The SMILES string of the molecule is CCCC(CCC)C(C)CC(C)C1CC2(CCC2)C1. The monoisotopic (exact) mass is 264 g/mol. The molecule has 0 aliphatic heterocycles. The third kappa shape index (κ3) is 3.56. The van der Waals surface area contributed by atoms with E-state index in [1.165, 1.54) is 38.5 Å². The molecule has 2 aliphatic carbocycles. The van der Waals surface area contributed by atoms with Crippen LogP contribution in [0.3, 0.4) is 0 Å². The average Bonchev–Trinajstić information content (AvgIpc) is 2.24. The maximum atomic E-state index is 2.54. The Morgan fingerprint density at radius 2 is 1.58 bits per heavy atom. The minimum atomic E-state index is 0.869. The highest BCUT2D eigenvalue weighted by Crippen LogP contribution is 2.61. The molecule has 1 spiro atoms. The second-order valence-electron chi connectivity index (χ2n) is 8.05. The highest BCUT2D eigenvalue weighted by atomic mass is 14.5. The third-order valence-corrected chi connectivity index (χ3v) is 6.48. The van der Waals surface area contributed by atoms with Crippen LogP contribution < -0.4 is 0 Å². The first kappa shape index (κ1) is 15.4. The molecular weight excluding hydrogens is 228 g/mol. The van der Waals surface area contributed by atoms with Gasteiger partial charge in [0.1, 0.15) is 0 Å². The lowest BCUT2D eigenvalue weighted by atomic mass is 9.49. The molecule has 2 unspecified atom stereocenters. The van der Waals surface area contributed by atoms with Crippen LogP contribution in [0.5, 0.6) is 0 Å². The van der Waals surface area contributed by atoms with Crippen molar-refractivity contribution in [1.29, 1.82) is 0 Å². The first-order chi connectivity index (χ1) is 9.10. The van der Waals surface area contributed by atoms with E-state index in [1.54, 1.807) is 25.7 Å². The smallest absolute Gasteiger partial charge is 0.0292 e. The summed E-state index contributed by atoms with van der Waals surface area (Å²) >= 11 is 0. The highest BCUT2D eigenvalue weighted by molar-refractivity contribution is 5.00. The molecule has 0 aromatic heterocycles. The summed E-state index contributed by atoms with van der Waals surface area (Å²) in [5.41, 5.74) is 0.869. The van der Waals surface area contributed by atoms with Gasteiger partial charge in [-0.15, -0.1) is 0 Å². The maximum absolute atomic E-state index is 2.54. The lowest BCUT2D eigenvalue weighted by molar-refractivity contribution is -0.0517. The highest BCUT2D eigenvalue weighted by Gasteiger charge is 2.49. The molecule has 112 valence electrons. The zero-order valence-electron chi connectivity index (χ0n) is 13.9. The Kier molecular flexibility index (Phi) is 5.37. The van der Waals surface area contributed by atoms with Gasteiger partial charge in [-0.05, 0) is 61.2 Å². The summed E-state index contributed by atoms with van der Waals surface area (Å²) in [5, 5.41) is 0. The normalized spacial score (nSPS) is 25.1. The fourth-order valence-electron chi connectivity index (χ4n) is 4.97. The van der Waals surface area contributed by atoms with Gasteiger partial charge in [0.05, 0.1) is 0 Å². The van der Waals surface area contributed by atoms with Crippen molar-refractivity contribution in [2.24, 2.45) is 29.1 Å². The van der Waals surface area contributed by atoms with E-state index in [2.05, 4.69) is 27.7 Å². The van der Waals surface area contributed by atoms with Gasteiger partial charge in [-0.25, -0.2) is 0 Å². The summed E-state index contributed by atoms with van der Waals surface area (Å²) in [5.74, 6) is 4.01. The molecule has 2 atom stereocenters. The number of hydrogen-bond acceptors (Lipinski definition) is 0. The molecule has 0 saturated heterocycles. The molecule has 0 heteroatoms. The van der Waals surface area contributed by atoms with E-state index >= 15 is 0 Å². The van der Waals surface area contributed by atoms with Crippen molar-refractivity contribution in [3.05, 3.63) is 0 Å². The van der Waals surface area contributed by atoms with Gasteiger partial charge in [-0.3, -0.25) is 0 Å². The van der Waals surface area contributed by atoms with Gasteiger partial charge in [0, 0.05) is 0 Å². The second kappa shape index (κ2) is 6.64. The van der Waals surface area contributed by atoms with Crippen LogP contribution in [-0.4, -0.2) is 0 Å². The molecule has 2 fully saturated rings. The molecule has 0 aromatic rings. The molecule has 0 N–H and O–H groups in total. The molecule has 0 bridgehead atoms. The first-order valence-electron chi connectivity index (χ1n) is 9.10. The molecule has 0 aromatic carbocycles. The average molecular weight is 264 g/mol. The van der Waals surface area contributed by atoms with Crippen molar-refractivity contribution in [3.63, 3.8) is 0 Å². The minimum Gasteiger partial charge on any atom is -0.0654 e. The van der Waals surface area contributed by atoms with Crippen LogP contribution in [0.4, 0.5) is 0 Å². The number of hydrogen-bond donors (Lipinski definition) is 0. The Bertz CT molecular complexity index is 249. The van der Waals surface area contributed by atoms with E-state index in [9.17, 15) is 0 Å². The van der Waals surface area contributed by atoms with Crippen molar-refractivity contribution in [2.45, 2.75) is 91.9 Å². The fourth-order valence-corrected chi connectivity index (χ4v) is 4.97. The largest absolute Gasteiger partial charge is 0.0654 e. The van der Waals surface area contributed by atoms with Gasteiger partial charge in [-0.2, -0.15) is 0 Å². The van der Waals surface area contributed by atoms with Gasteiger partial charge in [-0.1, -0.05) is 59.8 Å². The van der Waals surface area contributed by atoms with Crippen LogP contribution in [0.2, 0.25) is 0 Å². The van der Waals surface area contributed by atoms with Crippen LogP contribution in [0.15, 0.2) is 0 Å². The van der Waals surface area contributed by atoms with Crippen molar-refractivity contribution >= 4 is 0 Å². The topological polar surface area (TPSA) is 0 Å². The molecule has 2 rings (SSSR count). The van der Waals surface area contributed by atoms with Crippen molar-refractivity contribution < 1.29 is 0 Å². The van der Waals surface area contributed by atoms with E-state index < -0.39 is 0 Å². The molecule has 19 heavy (non-hydrogen) atoms. The third-order valence-electron chi connectivity index (χ3n) is 6.48. The van der Waals surface area contributed by atoms with E-state index in [0.29, 0.717) is 0 Å². The first-order valence-corrected chi connectivity index (χ1v) is 9.10. The van der Waals surface area contributed by atoms with E-state index in [4.69, 9.17) is 0 Å². The zero-order chi connectivity index (χ0) is 13.9. The van der Waals surface area contributed by atoms with Gasteiger partial charge in [0.25, 0.3) is 0 Å². The van der Waals surface area contributed by atoms with Crippen LogP contribution in [-0.2, 0) is 0 Å². The van der Waals surface area contributed by atoms with Gasteiger partial charge >= 0.3 is 0 Å². The van der Waals surface area contributed by atoms with Gasteiger partial charge in [0.15, 0.2) is 0 Å². The number of rotatable bonds is 8. The Balaban J connectivity index is 1.72. The van der Waals surface area contributed by atoms with Crippen LogP contribution in [0.25, 0.3) is 0 Å². The van der Waals surface area contributed by atoms with E-state index in [0.717, 1.165) is 29.1 Å². The summed E-state index contributed by atoms with van der Waals surface area (Å²) in [6, 6.07) is 0. The lowest BCUT2D eigenvalue weighted by Crippen LogP contribution is -2.45. The second-order valence-corrected chi connectivity index (χ2v) is 8.05. The van der Waals surface area contributed by atoms with Crippen LogP contribution in [0, 0.1) is 29.1 Å². The summed E-state index contributed by atoms with van der Waals surface area (Å²) in [6.45, 7) is 9.78. The van der Waals surface area contributed by atoms with Crippen LogP contribution >= 0.6 is 0 Å². The van der Waals surface area contributed by atoms with Crippen molar-refractivity contribution in [2.75, 3.05) is 0 Å². The predicted octanol–water partition coefficient (Wildman–Crippen LogP) is 6.45. The molecule has 0 heterocycles. The van der Waals surface area contributed by atoms with Gasteiger partial charge < -0.3 is 0 Å². The molecule has 0 nitrogen and oxygen atoms in total. The molecule has 2 saturated carbocycles. The Morgan fingerprint density at radius 1 is 1.00 bits per heavy atom. The predicted molar refractivity (Wildman–Crippen MR) is 85.3 cm³/mol. The minimum absolute atomic E-state index is 0.869. The van der Waals surface area contributed by atoms with E-state index in [-0.39, 0.29) is 0 Å². The standard InChI is InChI=1S/C19H36/c1-5-8-17(9-6-2)15(3)12-16(4)18-13-19(14-18)10-7-11-19/h15-18H,5-14H2,1-4H3. The summed E-state index contributed by atoms with van der Waals surface area (Å²) in [4.78, 5) is 0.